The molecule has 0 bridgehead atoms. The van der Waals surface area contributed by atoms with E-state index in [0.717, 1.165) is 44.6 Å². The highest BCUT2D eigenvalue weighted by atomic mass is 32.2. The average Bonchev–Trinajstić information content (AvgIpc) is 2.75. The highest BCUT2D eigenvalue weighted by Gasteiger charge is 2.35. The van der Waals surface area contributed by atoms with E-state index in [1.54, 1.807) is 0 Å². The number of unbranched alkanes of at least 4 members (excludes halogenated alkanes) is 7. The quantitative estimate of drug-likeness (QED) is 0.302. The summed E-state index contributed by atoms with van der Waals surface area (Å²) in [5.74, 6) is -0.367. The van der Waals surface area contributed by atoms with Crippen LogP contribution >= 0.6 is 0 Å². The van der Waals surface area contributed by atoms with Gasteiger partial charge in [-0.3, -0.25) is 4.79 Å². The molecule has 2 N–H and O–H groups in total. The number of halogens is 3. The van der Waals surface area contributed by atoms with Crippen molar-refractivity contribution in [3.63, 3.8) is 0 Å². The average molecular weight is 505 g/mol. The van der Waals surface area contributed by atoms with E-state index >= 15 is 0 Å². The molecule has 6 nitrogen and oxygen atoms in total. The van der Waals surface area contributed by atoms with Crippen molar-refractivity contribution < 1.29 is 31.5 Å². The Morgan fingerprint density at radius 3 is 2.15 bits per heavy atom. The molecule has 1 atom stereocenters. The van der Waals surface area contributed by atoms with Crippen LogP contribution in [0.1, 0.15) is 89.2 Å². The summed E-state index contributed by atoms with van der Waals surface area (Å²) in [5, 5.41) is 21.6. The van der Waals surface area contributed by atoms with E-state index in [-0.39, 0.29) is 23.6 Å². The molecule has 1 amide bonds. The second kappa shape index (κ2) is 13.7. The predicted octanol–water partition coefficient (Wildman–Crippen LogP) is 5.60. The van der Waals surface area contributed by atoms with E-state index in [9.17, 15) is 31.5 Å². The third kappa shape index (κ3) is 10.9. The third-order valence-electron chi connectivity index (χ3n) is 5.62. The zero-order valence-corrected chi connectivity index (χ0v) is 20.7. The largest absolute Gasteiger partial charge is 0.417 e. The predicted molar refractivity (Wildman–Crippen MR) is 126 cm³/mol. The maximum absolute atomic E-state index is 13.1. The maximum Gasteiger partial charge on any atom is 0.417 e. The first-order chi connectivity index (χ1) is 15.8. The van der Waals surface area contributed by atoms with Crippen LogP contribution < -0.4 is 5.32 Å². The molecule has 0 saturated heterocycles. The van der Waals surface area contributed by atoms with Crippen molar-refractivity contribution in [3.8, 4) is 6.07 Å². The summed E-state index contributed by atoms with van der Waals surface area (Å²) >= 11 is 0. The number of amides is 1. The van der Waals surface area contributed by atoms with Crippen LogP contribution in [0.15, 0.2) is 18.2 Å². The number of nitrogens with zero attached hydrogens (tertiary/aromatic N) is 1. The molecule has 0 aliphatic carbocycles. The molecule has 0 aliphatic rings. The van der Waals surface area contributed by atoms with Gasteiger partial charge in [-0.05, 0) is 44.4 Å². The Balaban J connectivity index is 2.38. The molecule has 0 radical (unpaired) electrons. The second-order valence-electron chi connectivity index (χ2n) is 8.83. The number of anilines is 1. The Labute approximate surface area is 200 Å². The molecule has 0 unspecified atom stereocenters. The summed E-state index contributed by atoms with van der Waals surface area (Å²) < 4.78 is 63.1. The van der Waals surface area contributed by atoms with Crippen molar-refractivity contribution in [1.82, 2.24) is 0 Å². The van der Waals surface area contributed by atoms with E-state index in [0.29, 0.717) is 25.3 Å². The van der Waals surface area contributed by atoms with Gasteiger partial charge in [0.05, 0.1) is 28.7 Å². The van der Waals surface area contributed by atoms with Gasteiger partial charge in [-0.25, -0.2) is 8.42 Å². The lowest BCUT2D eigenvalue weighted by Crippen LogP contribution is -2.40. The molecule has 0 spiro atoms. The van der Waals surface area contributed by atoms with Crippen molar-refractivity contribution in [3.05, 3.63) is 29.3 Å². The minimum atomic E-state index is -4.74. The summed E-state index contributed by atoms with van der Waals surface area (Å²) in [5.41, 5.74) is -3.62. The molecule has 34 heavy (non-hydrogen) atoms. The van der Waals surface area contributed by atoms with Crippen LogP contribution in [0.2, 0.25) is 0 Å². The van der Waals surface area contributed by atoms with Gasteiger partial charge in [-0.1, -0.05) is 51.9 Å². The smallest absolute Gasteiger partial charge is 0.380 e. The number of rotatable bonds is 15. The highest BCUT2D eigenvalue weighted by molar-refractivity contribution is 7.91. The van der Waals surface area contributed by atoms with E-state index < -0.39 is 38.6 Å². The van der Waals surface area contributed by atoms with Crippen LogP contribution in [0.25, 0.3) is 0 Å². The number of hydrogen-bond donors (Lipinski definition) is 2. The second-order valence-corrected chi connectivity index (χ2v) is 11.1. The van der Waals surface area contributed by atoms with E-state index in [2.05, 4.69) is 5.32 Å². The Bertz CT molecular complexity index is 939. The zero-order chi connectivity index (χ0) is 25.8. The standard InChI is InChI=1S/C24H35F3N2O4S/c1-3-4-10-15-34(32,33)16-11-8-6-5-7-9-14-23(2,31)22(30)29-20-13-12-19(18-28)21(17-20)24(25,26)27/h12-13,17,31H,3-11,14-16H2,1-2H3,(H,29,30)/t23-/m0/s1. The number of carbonyl (C=O) groups is 1. The summed E-state index contributed by atoms with van der Waals surface area (Å²) in [6, 6.07) is 4.31. The first-order valence-electron chi connectivity index (χ1n) is 11.7. The number of benzene rings is 1. The number of aliphatic hydroxyl groups is 1. The van der Waals surface area contributed by atoms with Crippen molar-refractivity contribution in [2.75, 3.05) is 16.8 Å². The number of alkyl halides is 3. The fraction of sp³-hybridized carbons (Fsp3) is 0.667. The lowest BCUT2D eigenvalue weighted by molar-refractivity contribution is -0.138. The van der Waals surface area contributed by atoms with Gasteiger partial charge in [0.15, 0.2) is 0 Å². The van der Waals surface area contributed by atoms with E-state index in [1.807, 2.05) is 6.92 Å². The third-order valence-corrected chi connectivity index (χ3v) is 7.44. The Hall–Kier alpha value is -2.12. The van der Waals surface area contributed by atoms with Gasteiger partial charge >= 0.3 is 6.18 Å². The van der Waals surface area contributed by atoms with Crippen LogP contribution in [0.4, 0.5) is 18.9 Å². The van der Waals surface area contributed by atoms with Crippen molar-refractivity contribution >= 4 is 21.4 Å². The van der Waals surface area contributed by atoms with Crippen molar-refractivity contribution in [1.29, 1.82) is 5.26 Å². The molecular weight excluding hydrogens is 469 g/mol. The van der Waals surface area contributed by atoms with Crippen LogP contribution in [0.5, 0.6) is 0 Å². The fourth-order valence-corrected chi connectivity index (χ4v) is 5.00. The normalized spacial score (nSPS) is 13.8. The number of nitrogens with one attached hydrogen (secondary N) is 1. The summed E-state index contributed by atoms with van der Waals surface area (Å²) in [6.45, 7) is 3.33. The fourth-order valence-electron chi connectivity index (χ4n) is 3.51. The maximum atomic E-state index is 13.1. The lowest BCUT2D eigenvalue weighted by atomic mass is 9.96. The van der Waals surface area contributed by atoms with Crippen molar-refractivity contribution in [2.24, 2.45) is 0 Å². The molecule has 0 heterocycles. The number of carbonyl (C=O) groups excluding carboxylic acids is 1. The van der Waals surface area contributed by atoms with Gasteiger partial charge in [0, 0.05) is 5.69 Å². The van der Waals surface area contributed by atoms with Gasteiger partial charge in [0.25, 0.3) is 5.91 Å². The number of hydrogen-bond acceptors (Lipinski definition) is 5. The van der Waals surface area contributed by atoms with E-state index in [1.165, 1.54) is 19.1 Å². The topological polar surface area (TPSA) is 107 Å². The molecule has 0 fully saturated rings. The van der Waals surface area contributed by atoms with Crippen LogP contribution in [0.3, 0.4) is 0 Å². The van der Waals surface area contributed by atoms with Crippen LogP contribution in [-0.4, -0.2) is 36.5 Å². The SMILES string of the molecule is CCCCCS(=O)(=O)CCCCCCCC[C@](C)(O)C(=O)Nc1ccc(C#N)c(C(F)(F)F)c1. The molecule has 1 aromatic rings. The Morgan fingerprint density at radius 2 is 1.59 bits per heavy atom. The molecule has 1 aromatic carbocycles. The van der Waals surface area contributed by atoms with Gasteiger partial charge in [0.2, 0.25) is 0 Å². The number of sulfone groups is 1. The Kier molecular flexibility index (Phi) is 12.0. The minimum Gasteiger partial charge on any atom is -0.380 e. The molecular formula is C24H35F3N2O4S. The van der Waals surface area contributed by atoms with Crippen LogP contribution in [0, 0.1) is 11.3 Å². The van der Waals surface area contributed by atoms with Crippen LogP contribution in [-0.2, 0) is 20.8 Å². The first-order valence-corrected chi connectivity index (χ1v) is 13.5. The number of nitriles is 1. The molecule has 192 valence electrons. The molecule has 0 aliphatic heterocycles. The monoisotopic (exact) mass is 504 g/mol. The van der Waals surface area contributed by atoms with Gasteiger partial charge in [-0.2, -0.15) is 18.4 Å². The summed E-state index contributed by atoms with van der Waals surface area (Å²) in [6.07, 6.45) is 2.38. The van der Waals surface area contributed by atoms with Gasteiger partial charge in [0.1, 0.15) is 15.4 Å². The summed E-state index contributed by atoms with van der Waals surface area (Å²) in [7, 11) is -2.98. The first kappa shape index (κ1) is 29.9. The van der Waals surface area contributed by atoms with Gasteiger partial charge in [-0.15, -0.1) is 0 Å². The lowest BCUT2D eigenvalue weighted by Gasteiger charge is -2.22. The summed E-state index contributed by atoms with van der Waals surface area (Å²) in [4.78, 5) is 12.4. The van der Waals surface area contributed by atoms with Gasteiger partial charge < -0.3 is 10.4 Å². The Morgan fingerprint density at radius 1 is 1.03 bits per heavy atom. The molecule has 1 rings (SSSR count). The zero-order valence-electron chi connectivity index (χ0n) is 19.9. The molecule has 0 saturated carbocycles. The molecule has 0 aromatic heterocycles. The van der Waals surface area contributed by atoms with E-state index in [4.69, 9.17) is 5.26 Å². The van der Waals surface area contributed by atoms with Crippen molar-refractivity contribution in [2.45, 2.75) is 89.8 Å². The highest BCUT2D eigenvalue weighted by Crippen LogP contribution is 2.33. The minimum absolute atomic E-state index is 0.132. The molecule has 10 heteroatoms.